The van der Waals surface area contributed by atoms with Gasteiger partial charge in [0.25, 0.3) is 0 Å². The van der Waals surface area contributed by atoms with Crippen LogP contribution >= 0.6 is 24.0 Å². The van der Waals surface area contributed by atoms with Crippen molar-refractivity contribution >= 4 is 29.9 Å². The van der Waals surface area contributed by atoms with Gasteiger partial charge in [0.05, 0.1) is 13.2 Å². The second kappa shape index (κ2) is 15.9. The molecule has 1 saturated heterocycles. The molecule has 1 atom stereocenters. The fourth-order valence-electron chi connectivity index (χ4n) is 3.74. The Hall–Kier alpha value is -0.0800. The van der Waals surface area contributed by atoms with E-state index in [-0.39, 0.29) is 24.0 Å². The Morgan fingerprint density at radius 3 is 2.65 bits per heavy atom. The van der Waals surface area contributed by atoms with E-state index >= 15 is 0 Å². The summed E-state index contributed by atoms with van der Waals surface area (Å²) in [6.07, 6.45) is 12.0. The minimum Gasteiger partial charge on any atom is -0.381 e. The first-order valence-corrected chi connectivity index (χ1v) is 10.6. The van der Waals surface area contributed by atoms with E-state index in [9.17, 15) is 0 Å². The third kappa shape index (κ3) is 10.9. The predicted molar refractivity (Wildman–Crippen MR) is 120 cm³/mol. The number of rotatable bonds is 11. The molecule has 1 saturated carbocycles. The molecule has 0 bridgehead atoms. The summed E-state index contributed by atoms with van der Waals surface area (Å²) in [5.74, 6) is 2.53. The van der Waals surface area contributed by atoms with Crippen molar-refractivity contribution in [1.82, 2.24) is 10.6 Å². The third-order valence-corrected chi connectivity index (χ3v) is 5.24. The lowest BCUT2D eigenvalue weighted by atomic mass is 9.86. The van der Waals surface area contributed by atoms with Crippen molar-refractivity contribution < 1.29 is 9.47 Å². The number of hydrogen-bond donors (Lipinski definition) is 2. The molecular weight excluding hydrogens is 441 g/mol. The highest BCUT2D eigenvalue weighted by Crippen LogP contribution is 2.26. The minimum absolute atomic E-state index is 0. The standard InChI is InChI=1S/C20H39N3O2.HI/c1-2-21-20(22-12-6-10-18-8-4-3-5-9-18)23-13-7-14-24-16-19-11-15-25-17-19;/h18-19H,2-17H2,1H3,(H2,21,22,23);1H. The molecular formula is C20H40IN3O2. The van der Waals surface area contributed by atoms with E-state index in [4.69, 9.17) is 9.47 Å². The third-order valence-electron chi connectivity index (χ3n) is 5.24. The number of halogens is 1. The Bertz CT molecular complexity index is 357. The van der Waals surface area contributed by atoms with Crippen LogP contribution in [0.25, 0.3) is 0 Å². The van der Waals surface area contributed by atoms with E-state index in [0.717, 1.165) is 70.8 Å². The van der Waals surface area contributed by atoms with Crippen LogP contribution in [0.4, 0.5) is 0 Å². The van der Waals surface area contributed by atoms with Gasteiger partial charge in [-0.25, -0.2) is 0 Å². The first-order valence-electron chi connectivity index (χ1n) is 10.6. The monoisotopic (exact) mass is 481 g/mol. The first kappa shape index (κ1) is 24.0. The van der Waals surface area contributed by atoms with Gasteiger partial charge in [-0.3, -0.25) is 4.99 Å². The lowest BCUT2D eigenvalue weighted by molar-refractivity contribution is 0.0893. The van der Waals surface area contributed by atoms with E-state index in [0.29, 0.717) is 5.92 Å². The van der Waals surface area contributed by atoms with E-state index in [2.05, 4.69) is 22.5 Å². The fourth-order valence-corrected chi connectivity index (χ4v) is 3.74. The summed E-state index contributed by atoms with van der Waals surface area (Å²) < 4.78 is 11.1. The maximum Gasteiger partial charge on any atom is 0.191 e. The van der Waals surface area contributed by atoms with E-state index in [1.165, 1.54) is 44.9 Å². The fraction of sp³-hybridized carbons (Fsp3) is 0.950. The van der Waals surface area contributed by atoms with Gasteiger partial charge >= 0.3 is 0 Å². The van der Waals surface area contributed by atoms with Crippen LogP contribution < -0.4 is 10.6 Å². The van der Waals surface area contributed by atoms with E-state index < -0.39 is 0 Å². The smallest absolute Gasteiger partial charge is 0.191 e. The molecule has 0 aromatic carbocycles. The van der Waals surface area contributed by atoms with Gasteiger partial charge in [0.2, 0.25) is 0 Å². The molecule has 0 spiro atoms. The summed E-state index contributed by atoms with van der Waals surface area (Å²) >= 11 is 0. The second-order valence-electron chi connectivity index (χ2n) is 7.49. The number of guanidine groups is 1. The Morgan fingerprint density at radius 1 is 1.08 bits per heavy atom. The number of hydrogen-bond acceptors (Lipinski definition) is 3. The summed E-state index contributed by atoms with van der Waals surface area (Å²) in [4.78, 5) is 4.66. The van der Waals surface area contributed by atoms with Crippen LogP contribution in [0.2, 0.25) is 0 Å². The molecule has 0 aromatic rings. The summed E-state index contributed by atoms with van der Waals surface area (Å²) in [7, 11) is 0. The molecule has 26 heavy (non-hydrogen) atoms. The number of ether oxygens (including phenoxy) is 2. The molecule has 2 fully saturated rings. The van der Waals surface area contributed by atoms with Gasteiger partial charge in [-0.1, -0.05) is 32.1 Å². The van der Waals surface area contributed by atoms with Crippen molar-refractivity contribution in [2.75, 3.05) is 46.1 Å². The average Bonchev–Trinajstić information content (AvgIpc) is 3.16. The topological polar surface area (TPSA) is 54.9 Å². The van der Waals surface area contributed by atoms with Crippen molar-refractivity contribution in [2.45, 2.75) is 64.7 Å². The Kier molecular flexibility index (Phi) is 14.7. The lowest BCUT2D eigenvalue weighted by Gasteiger charge is -2.21. The van der Waals surface area contributed by atoms with Gasteiger partial charge < -0.3 is 20.1 Å². The zero-order valence-electron chi connectivity index (χ0n) is 16.6. The largest absolute Gasteiger partial charge is 0.381 e. The molecule has 0 radical (unpaired) electrons. The molecule has 2 N–H and O–H groups in total. The van der Waals surface area contributed by atoms with Crippen LogP contribution in [0.3, 0.4) is 0 Å². The maximum absolute atomic E-state index is 5.73. The van der Waals surface area contributed by atoms with Crippen LogP contribution in [-0.4, -0.2) is 52.0 Å². The molecule has 5 nitrogen and oxygen atoms in total. The quantitative estimate of drug-likeness (QED) is 0.203. The maximum atomic E-state index is 5.73. The van der Waals surface area contributed by atoms with Gasteiger partial charge in [-0.2, -0.15) is 0 Å². The predicted octanol–water partition coefficient (Wildman–Crippen LogP) is 3.96. The molecule has 154 valence electrons. The molecule has 1 aliphatic heterocycles. The molecule has 1 unspecified atom stereocenters. The number of nitrogens with zero attached hydrogens (tertiary/aromatic N) is 1. The number of aliphatic imine (C=N–C) groups is 1. The molecule has 6 heteroatoms. The SMILES string of the molecule is CCNC(=NCCCOCC1CCOC1)NCCCC1CCCCC1.I. The molecule has 2 rings (SSSR count). The Balaban J connectivity index is 0.00000338. The minimum atomic E-state index is 0. The van der Waals surface area contributed by atoms with Crippen LogP contribution in [0.15, 0.2) is 4.99 Å². The Morgan fingerprint density at radius 2 is 1.92 bits per heavy atom. The molecule has 2 aliphatic rings. The van der Waals surface area contributed by atoms with Gasteiger partial charge in [0.1, 0.15) is 0 Å². The van der Waals surface area contributed by atoms with Crippen molar-refractivity contribution in [1.29, 1.82) is 0 Å². The van der Waals surface area contributed by atoms with Crippen molar-refractivity contribution in [3.8, 4) is 0 Å². The van der Waals surface area contributed by atoms with Crippen molar-refractivity contribution in [3.05, 3.63) is 0 Å². The van der Waals surface area contributed by atoms with Crippen LogP contribution in [-0.2, 0) is 9.47 Å². The van der Waals surface area contributed by atoms with Crippen LogP contribution in [0.5, 0.6) is 0 Å². The second-order valence-corrected chi connectivity index (χ2v) is 7.49. The van der Waals surface area contributed by atoms with Crippen LogP contribution in [0, 0.1) is 11.8 Å². The average molecular weight is 481 g/mol. The lowest BCUT2D eigenvalue weighted by Crippen LogP contribution is -2.38. The highest BCUT2D eigenvalue weighted by Gasteiger charge is 2.15. The zero-order chi connectivity index (χ0) is 17.6. The Labute approximate surface area is 177 Å². The number of nitrogens with one attached hydrogen (secondary N) is 2. The molecule has 1 aliphatic carbocycles. The molecule has 1 heterocycles. The van der Waals surface area contributed by atoms with E-state index in [1.807, 2.05) is 0 Å². The van der Waals surface area contributed by atoms with Gasteiger partial charge in [-0.15, -0.1) is 24.0 Å². The van der Waals surface area contributed by atoms with Gasteiger partial charge in [-0.05, 0) is 38.5 Å². The van der Waals surface area contributed by atoms with Crippen molar-refractivity contribution in [3.63, 3.8) is 0 Å². The van der Waals surface area contributed by atoms with Crippen molar-refractivity contribution in [2.24, 2.45) is 16.8 Å². The van der Waals surface area contributed by atoms with Crippen LogP contribution in [0.1, 0.15) is 64.7 Å². The van der Waals surface area contributed by atoms with Gasteiger partial charge in [0.15, 0.2) is 5.96 Å². The highest BCUT2D eigenvalue weighted by molar-refractivity contribution is 14.0. The highest BCUT2D eigenvalue weighted by atomic mass is 127. The zero-order valence-corrected chi connectivity index (χ0v) is 19.0. The summed E-state index contributed by atoms with van der Waals surface area (Å²) in [6, 6.07) is 0. The van der Waals surface area contributed by atoms with E-state index in [1.54, 1.807) is 0 Å². The van der Waals surface area contributed by atoms with Gasteiger partial charge in [0, 0.05) is 38.8 Å². The molecule has 0 amide bonds. The summed E-state index contributed by atoms with van der Waals surface area (Å²) in [5, 5.41) is 6.82. The molecule has 0 aromatic heterocycles. The normalized spacial score (nSPS) is 21.4. The summed E-state index contributed by atoms with van der Waals surface area (Å²) in [6.45, 7) is 8.27. The summed E-state index contributed by atoms with van der Waals surface area (Å²) in [5.41, 5.74) is 0. The first-order chi connectivity index (χ1) is 12.4.